The molecule has 1 aromatic heterocycles. The third kappa shape index (κ3) is 4.34. The van der Waals surface area contributed by atoms with Crippen molar-refractivity contribution >= 4 is 61.3 Å². The molecule has 134 valence electrons. The van der Waals surface area contributed by atoms with Gasteiger partial charge in [-0.3, -0.25) is 9.52 Å². The van der Waals surface area contributed by atoms with Gasteiger partial charge in [0.2, 0.25) is 0 Å². The van der Waals surface area contributed by atoms with Crippen LogP contribution in [0.2, 0.25) is 10.0 Å². The Balaban J connectivity index is 1.73. The summed E-state index contributed by atoms with van der Waals surface area (Å²) in [7, 11) is -3.74. The van der Waals surface area contributed by atoms with E-state index in [0.717, 1.165) is 0 Å². The fraction of sp³-hybridized carbons (Fsp3) is 0. The molecule has 1 amide bonds. The van der Waals surface area contributed by atoms with E-state index >= 15 is 0 Å². The van der Waals surface area contributed by atoms with E-state index in [9.17, 15) is 13.2 Å². The van der Waals surface area contributed by atoms with Crippen molar-refractivity contribution < 1.29 is 13.2 Å². The number of aromatic nitrogens is 1. The Morgan fingerprint density at radius 2 is 1.77 bits per heavy atom. The third-order valence-electron chi connectivity index (χ3n) is 3.26. The summed E-state index contributed by atoms with van der Waals surface area (Å²) in [5.74, 6) is -0.389. The molecule has 2 aromatic carbocycles. The minimum atomic E-state index is -3.74. The molecule has 0 aliphatic carbocycles. The highest BCUT2D eigenvalue weighted by molar-refractivity contribution is 7.93. The smallest absolute Gasteiger partial charge is 0.263 e. The van der Waals surface area contributed by atoms with Crippen molar-refractivity contribution in [3.8, 4) is 0 Å². The van der Waals surface area contributed by atoms with Crippen molar-refractivity contribution in [2.24, 2.45) is 0 Å². The van der Waals surface area contributed by atoms with E-state index in [1.165, 1.54) is 53.9 Å². The molecule has 0 aliphatic rings. The maximum atomic E-state index is 12.3. The van der Waals surface area contributed by atoms with Crippen molar-refractivity contribution in [2.75, 3.05) is 10.0 Å². The monoisotopic (exact) mass is 427 g/mol. The van der Waals surface area contributed by atoms with Gasteiger partial charge in [-0.05, 0) is 42.5 Å². The third-order valence-corrected chi connectivity index (χ3v) is 6.17. The maximum Gasteiger partial charge on any atom is 0.263 e. The average Bonchev–Trinajstić information content (AvgIpc) is 3.10. The number of nitrogens with zero attached hydrogens (tertiary/aromatic N) is 1. The Morgan fingerprint density at radius 1 is 1.04 bits per heavy atom. The molecule has 6 nitrogen and oxygen atoms in total. The van der Waals surface area contributed by atoms with Gasteiger partial charge in [-0.2, -0.15) is 0 Å². The fourth-order valence-electron chi connectivity index (χ4n) is 2.01. The van der Waals surface area contributed by atoms with Crippen LogP contribution in [0.3, 0.4) is 0 Å². The van der Waals surface area contributed by atoms with Crippen molar-refractivity contribution in [1.29, 1.82) is 0 Å². The Kier molecular flexibility index (Phi) is 5.47. The van der Waals surface area contributed by atoms with Gasteiger partial charge < -0.3 is 5.32 Å². The highest BCUT2D eigenvalue weighted by atomic mass is 35.5. The lowest BCUT2D eigenvalue weighted by Gasteiger charge is -2.08. The zero-order chi connectivity index (χ0) is 18.7. The van der Waals surface area contributed by atoms with Crippen molar-refractivity contribution in [1.82, 2.24) is 4.98 Å². The minimum absolute atomic E-state index is 0.0558. The summed E-state index contributed by atoms with van der Waals surface area (Å²) >= 11 is 12.9. The number of hydrogen-bond donors (Lipinski definition) is 2. The summed E-state index contributed by atoms with van der Waals surface area (Å²) in [5, 5.41) is 5.23. The molecule has 0 aliphatic heterocycles. The van der Waals surface area contributed by atoms with Crippen LogP contribution in [0.1, 0.15) is 10.4 Å². The van der Waals surface area contributed by atoms with Gasteiger partial charge in [0.25, 0.3) is 15.9 Å². The van der Waals surface area contributed by atoms with E-state index in [1.54, 1.807) is 11.4 Å². The maximum absolute atomic E-state index is 12.3. The fourth-order valence-corrected chi connectivity index (χ4v) is 4.09. The molecule has 0 radical (unpaired) electrons. The van der Waals surface area contributed by atoms with E-state index in [1.807, 2.05) is 0 Å². The lowest BCUT2D eigenvalue weighted by atomic mass is 10.2. The normalized spacial score (nSPS) is 11.2. The van der Waals surface area contributed by atoms with Crippen LogP contribution in [0.5, 0.6) is 0 Å². The number of halogens is 2. The lowest BCUT2D eigenvalue weighted by molar-refractivity contribution is 0.102. The number of sulfonamides is 1. The molecule has 0 bridgehead atoms. The first-order chi connectivity index (χ1) is 12.3. The zero-order valence-electron chi connectivity index (χ0n) is 12.9. The minimum Gasteiger partial charge on any atom is -0.322 e. The van der Waals surface area contributed by atoms with E-state index in [4.69, 9.17) is 23.2 Å². The molecule has 0 unspecified atom stereocenters. The second kappa shape index (κ2) is 7.63. The predicted molar refractivity (Wildman–Crippen MR) is 104 cm³/mol. The molecule has 3 aromatic rings. The standard InChI is InChI=1S/C16H11Cl2N3O3S2/c17-13-6-1-10(9-14(13)18)15(22)20-11-2-4-12(5-3-11)26(23,24)21-16-19-7-8-25-16/h1-9H,(H,19,21)(H,20,22). The first-order valence-electron chi connectivity index (χ1n) is 7.14. The Hall–Kier alpha value is -2.13. The number of carbonyl (C=O) groups excluding carboxylic acids is 1. The van der Waals surface area contributed by atoms with E-state index in [0.29, 0.717) is 16.3 Å². The van der Waals surface area contributed by atoms with Gasteiger partial charge in [0, 0.05) is 22.8 Å². The summed E-state index contributed by atoms with van der Waals surface area (Å²) in [6.45, 7) is 0. The van der Waals surface area contributed by atoms with Gasteiger partial charge in [0.15, 0.2) is 5.13 Å². The molecule has 0 spiro atoms. The number of anilines is 2. The first-order valence-corrected chi connectivity index (χ1v) is 10.3. The molecule has 3 rings (SSSR count). The summed E-state index contributed by atoms with van der Waals surface area (Å²) in [5.41, 5.74) is 0.774. The number of rotatable bonds is 5. The van der Waals surface area contributed by atoms with Gasteiger partial charge in [-0.1, -0.05) is 23.2 Å². The van der Waals surface area contributed by atoms with Gasteiger partial charge in [0.1, 0.15) is 0 Å². The van der Waals surface area contributed by atoms with Crippen molar-refractivity contribution in [3.63, 3.8) is 0 Å². The molecule has 2 N–H and O–H groups in total. The van der Waals surface area contributed by atoms with Gasteiger partial charge in [-0.15, -0.1) is 11.3 Å². The second-order valence-corrected chi connectivity index (χ2v) is 8.44. The largest absolute Gasteiger partial charge is 0.322 e. The van der Waals surface area contributed by atoms with E-state index in [2.05, 4.69) is 15.0 Å². The van der Waals surface area contributed by atoms with Crippen LogP contribution in [0.4, 0.5) is 10.8 Å². The number of carbonyl (C=O) groups is 1. The summed E-state index contributed by atoms with van der Waals surface area (Å²) in [6, 6.07) is 10.3. The summed E-state index contributed by atoms with van der Waals surface area (Å²) < 4.78 is 26.9. The molecule has 0 saturated carbocycles. The predicted octanol–water partition coefficient (Wildman–Crippen LogP) is 4.50. The molecule has 1 heterocycles. The van der Waals surface area contributed by atoms with Crippen LogP contribution in [0, 0.1) is 0 Å². The van der Waals surface area contributed by atoms with Gasteiger partial charge in [-0.25, -0.2) is 13.4 Å². The number of benzene rings is 2. The molecular weight excluding hydrogens is 417 g/mol. The van der Waals surface area contributed by atoms with E-state index < -0.39 is 10.0 Å². The summed E-state index contributed by atoms with van der Waals surface area (Å²) in [6.07, 6.45) is 1.50. The average molecular weight is 428 g/mol. The van der Waals surface area contributed by atoms with Crippen LogP contribution in [-0.4, -0.2) is 19.3 Å². The highest BCUT2D eigenvalue weighted by Gasteiger charge is 2.16. The Morgan fingerprint density at radius 3 is 2.38 bits per heavy atom. The quantitative estimate of drug-likeness (QED) is 0.626. The second-order valence-electron chi connectivity index (χ2n) is 5.05. The number of thiazole rings is 1. The van der Waals surface area contributed by atoms with Gasteiger partial charge in [0.05, 0.1) is 14.9 Å². The first kappa shape index (κ1) is 18.7. The topological polar surface area (TPSA) is 88.2 Å². The van der Waals surface area contributed by atoms with Crippen LogP contribution in [0.15, 0.2) is 58.9 Å². The van der Waals surface area contributed by atoms with Crippen LogP contribution in [-0.2, 0) is 10.0 Å². The zero-order valence-corrected chi connectivity index (χ0v) is 16.1. The molecular formula is C16H11Cl2N3O3S2. The summed E-state index contributed by atoms with van der Waals surface area (Å²) in [4.78, 5) is 16.2. The number of amides is 1. The molecule has 10 heteroatoms. The van der Waals surface area contributed by atoms with Crippen LogP contribution >= 0.6 is 34.5 Å². The Labute approximate surface area is 163 Å². The van der Waals surface area contributed by atoms with Crippen molar-refractivity contribution in [3.05, 3.63) is 69.7 Å². The van der Waals surface area contributed by atoms with Crippen molar-refractivity contribution in [2.45, 2.75) is 4.90 Å². The number of nitrogens with one attached hydrogen (secondary N) is 2. The van der Waals surface area contributed by atoms with Crippen LogP contribution < -0.4 is 10.0 Å². The van der Waals surface area contributed by atoms with Gasteiger partial charge >= 0.3 is 0 Å². The molecule has 0 saturated heterocycles. The van der Waals surface area contributed by atoms with Crippen LogP contribution in [0.25, 0.3) is 0 Å². The molecule has 0 fully saturated rings. The number of hydrogen-bond acceptors (Lipinski definition) is 5. The molecule has 0 atom stereocenters. The highest BCUT2D eigenvalue weighted by Crippen LogP contribution is 2.24. The Bertz CT molecular complexity index is 1040. The SMILES string of the molecule is O=C(Nc1ccc(S(=O)(=O)Nc2nccs2)cc1)c1ccc(Cl)c(Cl)c1. The molecule has 26 heavy (non-hydrogen) atoms. The van der Waals surface area contributed by atoms with E-state index in [-0.39, 0.29) is 21.0 Å². The lowest BCUT2D eigenvalue weighted by Crippen LogP contribution is -2.14.